The minimum Gasteiger partial charge on any atom is -0.493 e. The van der Waals surface area contributed by atoms with Crippen molar-refractivity contribution in [2.45, 2.75) is 51.2 Å². The molecule has 2 aliphatic heterocycles. The molecule has 2 aromatic rings. The molecule has 2 aromatic carbocycles. The van der Waals surface area contributed by atoms with Gasteiger partial charge in [0, 0.05) is 30.6 Å². The van der Waals surface area contributed by atoms with Crippen molar-refractivity contribution in [1.29, 1.82) is 0 Å². The number of hydrogen-bond acceptors (Lipinski definition) is 4. The summed E-state index contributed by atoms with van der Waals surface area (Å²) in [4.78, 5) is 26.2. The van der Waals surface area contributed by atoms with Gasteiger partial charge >= 0.3 is 6.09 Å². The molecular weight excluding hydrogens is 411 g/mol. The van der Waals surface area contributed by atoms with Crippen LogP contribution in [0.5, 0.6) is 5.75 Å². The zero-order valence-corrected chi connectivity index (χ0v) is 18.7. The molecule has 0 bridgehead atoms. The van der Waals surface area contributed by atoms with Crippen molar-refractivity contribution in [2.24, 2.45) is 0 Å². The predicted octanol–water partition coefficient (Wildman–Crippen LogP) is 4.42. The van der Waals surface area contributed by atoms with E-state index in [1.54, 1.807) is 23.1 Å². The van der Waals surface area contributed by atoms with E-state index in [1.165, 1.54) is 12.1 Å². The van der Waals surface area contributed by atoms with Gasteiger partial charge < -0.3 is 19.7 Å². The van der Waals surface area contributed by atoms with E-state index in [2.05, 4.69) is 5.32 Å². The second kappa shape index (κ2) is 8.45. The Balaban J connectivity index is 1.51. The first-order valence-corrected chi connectivity index (χ1v) is 10.9. The van der Waals surface area contributed by atoms with Crippen LogP contribution in [0.3, 0.4) is 0 Å². The van der Waals surface area contributed by atoms with Crippen molar-refractivity contribution in [3.05, 3.63) is 65.0 Å². The number of carbonyl (C=O) groups is 2. The second-order valence-corrected chi connectivity index (χ2v) is 9.54. The number of nitrogens with zero attached hydrogens (tertiary/aromatic N) is 1. The molecule has 2 aliphatic rings. The summed E-state index contributed by atoms with van der Waals surface area (Å²) in [7, 11) is 0. The fourth-order valence-electron chi connectivity index (χ4n) is 4.27. The van der Waals surface area contributed by atoms with Crippen molar-refractivity contribution in [2.75, 3.05) is 19.7 Å². The Labute approximate surface area is 187 Å². The van der Waals surface area contributed by atoms with Gasteiger partial charge in [0.25, 0.3) is 5.91 Å². The van der Waals surface area contributed by atoms with E-state index in [4.69, 9.17) is 9.47 Å². The van der Waals surface area contributed by atoms with Gasteiger partial charge in [0.15, 0.2) is 0 Å². The van der Waals surface area contributed by atoms with Crippen LogP contribution in [0.15, 0.2) is 42.5 Å². The van der Waals surface area contributed by atoms with Gasteiger partial charge in [-0.15, -0.1) is 0 Å². The number of rotatable bonds is 4. The summed E-state index contributed by atoms with van der Waals surface area (Å²) in [5.74, 6) is 0.238. The molecule has 0 unspecified atom stereocenters. The van der Waals surface area contributed by atoms with Gasteiger partial charge in [-0.3, -0.25) is 4.79 Å². The number of halogens is 1. The van der Waals surface area contributed by atoms with E-state index in [9.17, 15) is 14.0 Å². The maximum absolute atomic E-state index is 13.6. The third-order valence-corrected chi connectivity index (χ3v) is 6.11. The maximum atomic E-state index is 13.6. The number of fused-ring (bicyclic) bond motifs is 1. The van der Waals surface area contributed by atoms with Crippen LogP contribution in [0.1, 0.15) is 55.1 Å². The Morgan fingerprint density at radius 3 is 2.47 bits per heavy atom. The highest BCUT2D eigenvalue weighted by atomic mass is 19.1. The molecule has 170 valence electrons. The van der Waals surface area contributed by atoms with Crippen LogP contribution in [0, 0.1) is 5.82 Å². The van der Waals surface area contributed by atoms with E-state index >= 15 is 0 Å². The normalized spacial score (nSPS) is 17.5. The lowest BCUT2D eigenvalue weighted by molar-refractivity contribution is 0.0133. The summed E-state index contributed by atoms with van der Waals surface area (Å²) >= 11 is 0. The summed E-state index contributed by atoms with van der Waals surface area (Å²) in [6, 6.07) is 12.0. The maximum Gasteiger partial charge on any atom is 0.410 e. The lowest BCUT2D eigenvalue weighted by atomic mass is 9.73. The minimum absolute atomic E-state index is 0.0932. The van der Waals surface area contributed by atoms with Crippen LogP contribution in [-0.4, -0.2) is 42.2 Å². The molecule has 7 heteroatoms. The molecule has 4 rings (SSSR count). The van der Waals surface area contributed by atoms with Crippen LogP contribution in [-0.2, 0) is 16.7 Å². The Morgan fingerprint density at radius 2 is 1.81 bits per heavy atom. The van der Waals surface area contributed by atoms with Crippen molar-refractivity contribution in [3.8, 4) is 5.75 Å². The number of likely N-dealkylation sites (tertiary alicyclic amines) is 1. The molecule has 0 atom stereocenters. The molecule has 2 heterocycles. The van der Waals surface area contributed by atoms with Crippen LogP contribution >= 0.6 is 0 Å². The van der Waals surface area contributed by atoms with E-state index in [0.29, 0.717) is 50.4 Å². The molecule has 0 spiro atoms. The summed E-state index contributed by atoms with van der Waals surface area (Å²) in [5, 5.41) is 2.81. The quantitative estimate of drug-likeness (QED) is 0.764. The van der Waals surface area contributed by atoms with Gasteiger partial charge in [-0.1, -0.05) is 18.2 Å². The Bertz CT molecular complexity index is 1010. The topological polar surface area (TPSA) is 67.9 Å². The largest absolute Gasteiger partial charge is 0.493 e. The third-order valence-electron chi connectivity index (χ3n) is 6.11. The van der Waals surface area contributed by atoms with Crippen molar-refractivity contribution < 1.29 is 23.5 Å². The number of benzene rings is 2. The smallest absolute Gasteiger partial charge is 0.410 e. The minimum atomic E-state index is -0.550. The van der Waals surface area contributed by atoms with Gasteiger partial charge in [0.05, 0.1) is 6.61 Å². The molecule has 6 nitrogen and oxygen atoms in total. The molecule has 0 aromatic heterocycles. The standard InChI is InChI=1S/C25H29FN2O4/c1-24(2,3)32-23(30)28-12-10-25(11-13-28,18-5-7-19(26)8-6-18)16-31-20-9-4-17-15-27-22(29)21(17)14-20/h4-9,14H,10-13,15-16H2,1-3H3,(H,27,29). The highest BCUT2D eigenvalue weighted by Crippen LogP contribution is 2.37. The molecule has 2 amide bonds. The number of ether oxygens (including phenoxy) is 2. The third kappa shape index (κ3) is 4.71. The van der Waals surface area contributed by atoms with Gasteiger partial charge in [-0.25, -0.2) is 9.18 Å². The SMILES string of the molecule is CC(C)(C)OC(=O)N1CCC(COc2ccc3c(c2)C(=O)NC3)(c2ccc(F)cc2)CC1. The van der Waals surface area contributed by atoms with Crippen LogP contribution in [0.4, 0.5) is 9.18 Å². The molecule has 32 heavy (non-hydrogen) atoms. The number of amides is 2. The molecule has 0 radical (unpaired) electrons. The first-order valence-electron chi connectivity index (χ1n) is 10.9. The first-order chi connectivity index (χ1) is 15.2. The highest BCUT2D eigenvalue weighted by Gasteiger charge is 2.39. The van der Waals surface area contributed by atoms with E-state index in [-0.39, 0.29) is 23.2 Å². The lowest BCUT2D eigenvalue weighted by Gasteiger charge is -2.42. The Hall–Kier alpha value is -3.09. The fraction of sp³-hybridized carbons (Fsp3) is 0.440. The summed E-state index contributed by atoms with van der Waals surface area (Å²) in [6.07, 6.45) is 0.989. The zero-order valence-electron chi connectivity index (χ0n) is 18.7. The molecule has 1 fully saturated rings. The summed E-state index contributed by atoms with van der Waals surface area (Å²) in [5.41, 5.74) is 1.64. The molecule has 1 saturated heterocycles. The van der Waals surface area contributed by atoms with Gasteiger partial charge in [0.1, 0.15) is 17.2 Å². The molecule has 0 saturated carbocycles. The van der Waals surface area contributed by atoms with Crippen LogP contribution in [0.25, 0.3) is 0 Å². The predicted molar refractivity (Wildman–Crippen MR) is 118 cm³/mol. The van der Waals surface area contributed by atoms with Crippen molar-refractivity contribution >= 4 is 12.0 Å². The molecular formula is C25H29FN2O4. The second-order valence-electron chi connectivity index (χ2n) is 9.54. The number of hydrogen-bond donors (Lipinski definition) is 1. The Kier molecular flexibility index (Phi) is 5.84. The van der Waals surface area contributed by atoms with Crippen molar-refractivity contribution in [3.63, 3.8) is 0 Å². The lowest BCUT2D eigenvalue weighted by Crippen LogP contribution is -2.49. The Morgan fingerprint density at radius 1 is 1.12 bits per heavy atom. The van der Waals surface area contributed by atoms with Crippen LogP contribution < -0.4 is 10.1 Å². The molecule has 0 aliphatic carbocycles. The summed E-state index contributed by atoms with van der Waals surface area (Å²) < 4.78 is 25.3. The number of piperidine rings is 1. The molecule has 1 N–H and O–H groups in total. The van der Waals surface area contributed by atoms with Crippen LogP contribution in [0.2, 0.25) is 0 Å². The number of nitrogens with one attached hydrogen (secondary N) is 1. The van der Waals surface area contributed by atoms with Gasteiger partial charge in [-0.05, 0) is 69.0 Å². The van der Waals surface area contributed by atoms with E-state index in [0.717, 1.165) is 11.1 Å². The number of carbonyl (C=O) groups excluding carboxylic acids is 2. The average Bonchev–Trinajstić information content (AvgIpc) is 3.12. The van der Waals surface area contributed by atoms with Gasteiger partial charge in [0.2, 0.25) is 0 Å². The van der Waals surface area contributed by atoms with Crippen molar-refractivity contribution in [1.82, 2.24) is 10.2 Å². The van der Waals surface area contributed by atoms with E-state index in [1.807, 2.05) is 32.9 Å². The summed E-state index contributed by atoms with van der Waals surface area (Å²) in [6.45, 7) is 7.48. The highest BCUT2D eigenvalue weighted by molar-refractivity contribution is 5.98. The van der Waals surface area contributed by atoms with Gasteiger partial charge in [-0.2, -0.15) is 0 Å². The fourth-order valence-corrected chi connectivity index (χ4v) is 4.27. The first kappa shape index (κ1) is 22.1. The van der Waals surface area contributed by atoms with E-state index < -0.39 is 5.60 Å². The average molecular weight is 441 g/mol. The monoisotopic (exact) mass is 440 g/mol. The zero-order chi connectivity index (χ0) is 22.9.